The van der Waals surface area contributed by atoms with Crippen molar-refractivity contribution in [3.63, 3.8) is 0 Å². The molecule has 0 amide bonds. The highest BCUT2D eigenvalue weighted by Crippen LogP contribution is 2.32. The molecule has 1 heterocycles. The van der Waals surface area contributed by atoms with E-state index in [1.54, 1.807) is 18.6 Å². The molecular weight excluding hydrogens is 244 g/mol. The lowest BCUT2D eigenvalue weighted by Gasteiger charge is -2.25. The number of nitrogens with two attached hydrogens (primary N) is 1. The molecule has 1 aromatic carbocycles. The fourth-order valence-corrected chi connectivity index (χ4v) is 2.07. The number of nitrogens with zero attached hydrogens (tertiary/aromatic N) is 1. The molecule has 0 unspecified atom stereocenters. The van der Waals surface area contributed by atoms with Crippen molar-refractivity contribution in [3.05, 3.63) is 36.8 Å². The van der Waals surface area contributed by atoms with Crippen LogP contribution in [0.25, 0.3) is 11.1 Å². The number of aliphatic hydroxyl groups is 2. The third kappa shape index (κ3) is 3.07. The Balaban J connectivity index is 2.43. The molecule has 0 aliphatic heterocycles. The predicted molar refractivity (Wildman–Crippen MR) is 74.9 cm³/mol. The Labute approximate surface area is 111 Å². The molecule has 0 saturated carbocycles. The van der Waals surface area contributed by atoms with E-state index in [0.717, 1.165) is 16.8 Å². The number of furan rings is 1. The van der Waals surface area contributed by atoms with Crippen LogP contribution in [0.3, 0.4) is 0 Å². The SMILES string of the molecule is Nc1ccc(N(CCO)CCO)c(-c2ccoc2)c1. The summed E-state index contributed by atoms with van der Waals surface area (Å²) in [6.07, 6.45) is 3.25. The third-order valence-electron chi connectivity index (χ3n) is 2.93. The maximum absolute atomic E-state index is 9.13. The zero-order chi connectivity index (χ0) is 13.7. The summed E-state index contributed by atoms with van der Waals surface area (Å²) in [5.74, 6) is 0. The van der Waals surface area contributed by atoms with Crippen molar-refractivity contribution in [2.75, 3.05) is 36.9 Å². The summed E-state index contributed by atoms with van der Waals surface area (Å²) in [7, 11) is 0. The number of rotatable bonds is 6. The van der Waals surface area contributed by atoms with E-state index in [4.69, 9.17) is 20.4 Å². The van der Waals surface area contributed by atoms with E-state index in [1.807, 2.05) is 23.1 Å². The average molecular weight is 262 g/mol. The molecule has 19 heavy (non-hydrogen) atoms. The van der Waals surface area contributed by atoms with E-state index in [1.165, 1.54) is 0 Å². The quantitative estimate of drug-likeness (QED) is 0.684. The minimum Gasteiger partial charge on any atom is -0.472 e. The summed E-state index contributed by atoms with van der Waals surface area (Å²) in [5, 5.41) is 18.3. The number of nitrogen functional groups attached to an aromatic ring is 1. The van der Waals surface area contributed by atoms with Crippen molar-refractivity contribution in [2.24, 2.45) is 0 Å². The van der Waals surface area contributed by atoms with E-state index in [9.17, 15) is 0 Å². The number of aliphatic hydroxyl groups excluding tert-OH is 2. The smallest absolute Gasteiger partial charge is 0.0981 e. The molecule has 0 radical (unpaired) electrons. The number of hydrogen-bond donors (Lipinski definition) is 3. The maximum Gasteiger partial charge on any atom is 0.0981 e. The summed E-state index contributed by atoms with van der Waals surface area (Å²) >= 11 is 0. The van der Waals surface area contributed by atoms with Gasteiger partial charge in [0.05, 0.1) is 25.7 Å². The molecule has 0 spiro atoms. The van der Waals surface area contributed by atoms with E-state index >= 15 is 0 Å². The normalized spacial score (nSPS) is 10.6. The fraction of sp³-hybridized carbons (Fsp3) is 0.286. The molecule has 102 valence electrons. The number of anilines is 2. The molecule has 5 nitrogen and oxygen atoms in total. The van der Waals surface area contributed by atoms with Gasteiger partial charge in [-0.25, -0.2) is 0 Å². The predicted octanol–water partition coefficient (Wildman–Crippen LogP) is 1.32. The summed E-state index contributed by atoms with van der Waals surface area (Å²) < 4.78 is 5.11. The average Bonchev–Trinajstić information content (AvgIpc) is 2.92. The lowest BCUT2D eigenvalue weighted by atomic mass is 10.0. The minimum atomic E-state index is 0.0230. The summed E-state index contributed by atoms with van der Waals surface area (Å²) in [6, 6.07) is 7.42. The highest BCUT2D eigenvalue weighted by Gasteiger charge is 2.13. The van der Waals surface area contributed by atoms with Crippen LogP contribution in [0.15, 0.2) is 41.2 Å². The Morgan fingerprint density at radius 3 is 2.42 bits per heavy atom. The molecule has 0 aliphatic carbocycles. The first-order valence-electron chi connectivity index (χ1n) is 6.15. The van der Waals surface area contributed by atoms with Gasteiger partial charge in [0, 0.05) is 35.6 Å². The fourth-order valence-electron chi connectivity index (χ4n) is 2.07. The van der Waals surface area contributed by atoms with Crippen LogP contribution in [-0.4, -0.2) is 36.5 Å². The van der Waals surface area contributed by atoms with Crippen molar-refractivity contribution in [2.45, 2.75) is 0 Å². The maximum atomic E-state index is 9.13. The monoisotopic (exact) mass is 262 g/mol. The lowest BCUT2D eigenvalue weighted by Crippen LogP contribution is -2.30. The van der Waals surface area contributed by atoms with E-state index in [-0.39, 0.29) is 13.2 Å². The van der Waals surface area contributed by atoms with Gasteiger partial charge in [0.2, 0.25) is 0 Å². The van der Waals surface area contributed by atoms with Crippen LogP contribution in [0.4, 0.5) is 11.4 Å². The second-order valence-electron chi connectivity index (χ2n) is 4.22. The van der Waals surface area contributed by atoms with Crippen LogP contribution in [-0.2, 0) is 0 Å². The summed E-state index contributed by atoms with van der Waals surface area (Å²) in [6.45, 7) is 0.953. The van der Waals surface area contributed by atoms with Gasteiger partial charge in [0.25, 0.3) is 0 Å². The first-order chi connectivity index (χ1) is 9.26. The highest BCUT2D eigenvalue weighted by atomic mass is 16.3. The third-order valence-corrected chi connectivity index (χ3v) is 2.93. The van der Waals surface area contributed by atoms with Gasteiger partial charge < -0.3 is 25.3 Å². The molecule has 0 bridgehead atoms. The van der Waals surface area contributed by atoms with Crippen LogP contribution >= 0.6 is 0 Å². The first-order valence-corrected chi connectivity index (χ1v) is 6.15. The Morgan fingerprint density at radius 2 is 1.84 bits per heavy atom. The zero-order valence-electron chi connectivity index (χ0n) is 10.6. The second-order valence-corrected chi connectivity index (χ2v) is 4.22. The molecule has 0 aliphatic rings. The van der Waals surface area contributed by atoms with Crippen molar-refractivity contribution >= 4 is 11.4 Å². The van der Waals surface area contributed by atoms with Crippen LogP contribution in [0.1, 0.15) is 0 Å². The van der Waals surface area contributed by atoms with Crippen molar-refractivity contribution in [1.82, 2.24) is 0 Å². The first kappa shape index (κ1) is 13.5. The van der Waals surface area contributed by atoms with Crippen LogP contribution in [0, 0.1) is 0 Å². The molecule has 2 aromatic rings. The van der Waals surface area contributed by atoms with Gasteiger partial charge in [-0.05, 0) is 24.3 Å². The second kappa shape index (κ2) is 6.26. The van der Waals surface area contributed by atoms with Gasteiger partial charge >= 0.3 is 0 Å². The van der Waals surface area contributed by atoms with E-state index in [0.29, 0.717) is 18.8 Å². The molecule has 0 saturated heterocycles. The summed E-state index contributed by atoms with van der Waals surface area (Å²) in [4.78, 5) is 1.92. The van der Waals surface area contributed by atoms with Crippen molar-refractivity contribution < 1.29 is 14.6 Å². The van der Waals surface area contributed by atoms with E-state index < -0.39 is 0 Å². The Kier molecular flexibility index (Phi) is 4.43. The molecule has 1 aromatic heterocycles. The number of hydrogen-bond acceptors (Lipinski definition) is 5. The molecule has 0 atom stereocenters. The molecule has 0 fully saturated rings. The van der Waals surface area contributed by atoms with Gasteiger partial charge in [-0.15, -0.1) is 0 Å². The van der Waals surface area contributed by atoms with Gasteiger partial charge in [-0.1, -0.05) is 0 Å². The van der Waals surface area contributed by atoms with Crippen molar-refractivity contribution in [3.8, 4) is 11.1 Å². The van der Waals surface area contributed by atoms with Gasteiger partial charge in [-0.3, -0.25) is 0 Å². The molecule has 4 N–H and O–H groups in total. The zero-order valence-corrected chi connectivity index (χ0v) is 10.6. The van der Waals surface area contributed by atoms with Crippen LogP contribution < -0.4 is 10.6 Å². The molecule has 2 rings (SSSR count). The summed E-state index contributed by atoms with van der Waals surface area (Å²) in [5.41, 5.74) is 9.26. The molecular formula is C14H18N2O3. The minimum absolute atomic E-state index is 0.0230. The van der Waals surface area contributed by atoms with Gasteiger partial charge in [0.15, 0.2) is 0 Å². The van der Waals surface area contributed by atoms with Gasteiger partial charge in [0.1, 0.15) is 0 Å². The standard InChI is InChI=1S/C14H18N2O3/c15-12-1-2-14(16(4-6-17)5-7-18)13(9-12)11-3-8-19-10-11/h1-3,8-10,17-18H,4-7,15H2. The lowest BCUT2D eigenvalue weighted by molar-refractivity contribution is 0.281. The van der Waals surface area contributed by atoms with Crippen LogP contribution in [0.2, 0.25) is 0 Å². The highest BCUT2D eigenvalue weighted by molar-refractivity contribution is 5.81. The largest absolute Gasteiger partial charge is 0.472 e. The Hall–Kier alpha value is -1.98. The molecule has 5 heteroatoms. The number of benzene rings is 1. The van der Waals surface area contributed by atoms with E-state index in [2.05, 4.69) is 0 Å². The van der Waals surface area contributed by atoms with Crippen molar-refractivity contribution in [1.29, 1.82) is 0 Å². The topological polar surface area (TPSA) is 82.9 Å². The Bertz CT molecular complexity index is 505. The van der Waals surface area contributed by atoms with Crippen LogP contribution in [0.5, 0.6) is 0 Å². The Morgan fingerprint density at radius 1 is 1.11 bits per heavy atom. The van der Waals surface area contributed by atoms with Gasteiger partial charge in [-0.2, -0.15) is 0 Å².